The van der Waals surface area contributed by atoms with Crippen LogP contribution in [0.3, 0.4) is 0 Å². The van der Waals surface area contributed by atoms with Crippen LogP contribution in [0.15, 0.2) is 90.0 Å². The fraction of sp³-hybridized carbons (Fsp3) is 0.138. The van der Waals surface area contributed by atoms with E-state index in [0.717, 1.165) is 21.9 Å². The molecule has 4 aromatic carbocycles. The molecule has 0 bridgehead atoms. The Morgan fingerprint density at radius 2 is 1.67 bits per heavy atom. The molecular weight excluding hydrogens is 454 g/mol. The third kappa shape index (κ3) is 6.27. The number of hydrazone groups is 1. The summed E-state index contributed by atoms with van der Waals surface area (Å²) in [6.07, 6.45) is 1.14. The van der Waals surface area contributed by atoms with Gasteiger partial charge < -0.3 is 14.8 Å². The molecule has 0 aliphatic carbocycles. The third-order valence-electron chi connectivity index (χ3n) is 5.59. The van der Waals surface area contributed by atoms with Crippen LogP contribution in [0.1, 0.15) is 23.1 Å². The second-order valence-electron chi connectivity index (χ2n) is 8.17. The molecule has 0 atom stereocenters. The molecule has 0 unspecified atom stereocenters. The van der Waals surface area contributed by atoms with Gasteiger partial charge in [0.15, 0.2) is 11.5 Å². The minimum Gasteiger partial charge on any atom is -0.493 e. The van der Waals surface area contributed by atoms with Gasteiger partial charge in [0.1, 0.15) is 13.0 Å². The summed E-state index contributed by atoms with van der Waals surface area (Å²) in [5, 5.41) is 8.98. The molecule has 0 saturated carbocycles. The Kier molecular flexibility index (Phi) is 7.93. The molecule has 0 fully saturated rings. The van der Waals surface area contributed by atoms with Crippen LogP contribution in [0.2, 0.25) is 0 Å². The third-order valence-corrected chi connectivity index (χ3v) is 5.59. The Hall–Kier alpha value is -4.65. The number of para-hydroxylation sites is 1. The highest BCUT2D eigenvalue weighted by atomic mass is 16.5. The number of nitrogens with one attached hydrogen (secondary N) is 2. The molecule has 7 nitrogen and oxygen atoms in total. The Morgan fingerprint density at radius 1 is 0.889 bits per heavy atom. The maximum absolute atomic E-state index is 12.1. The minimum atomic E-state index is -0.514. The molecule has 2 amide bonds. The van der Waals surface area contributed by atoms with Crippen LogP contribution in [0, 0.1) is 6.92 Å². The van der Waals surface area contributed by atoms with Crippen molar-refractivity contribution < 1.29 is 19.1 Å². The minimum absolute atomic E-state index is 0.337. The van der Waals surface area contributed by atoms with Crippen molar-refractivity contribution in [1.29, 1.82) is 0 Å². The standard InChI is InChI=1S/C29H27N3O4/c1-20-8-3-6-13-25(20)31-28(33)17-29(34)32-30-18-21-14-15-26(27(16-21)35-2)36-19-23-11-7-10-22-9-4-5-12-24(22)23/h3-16,18H,17,19H2,1-2H3,(H,31,33)(H,32,34). The molecule has 4 aromatic rings. The van der Waals surface area contributed by atoms with Crippen molar-refractivity contribution in [2.75, 3.05) is 12.4 Å². The first-order valence-corrected chi connectivity index (χ1v) is 11.5. The lowest BCUT2D eigenvalue weighted by atomic mass is 10.1. The number of hydrogen-bond donors (Lipinski definition) is 2. The lowest BCUT2D eigenvalue weighted by Crippen LogP contribution is -2.24. The summed E-state index contributed by atoms with van der Waals surface area (Å²) >= 11 is 0. The average molecular weight is 482 g/mol. The molecule has 0 spiro atoms. The highest BCUT2D eigenvalue weighted by molar-refractivity contribution is 6.04. The number of carbonyl (C=O) groups is 2. The van der Waals surface area contributed by atoms with Gasteiger partial charge in [0, 0.05) is 5.69 Å². The molecule has 2 N–H and O–H groups in total. The Labute approximate surface area is 209 Å². The van der Waals surface area contributed by atoms with E-state index in [1.165, 1.54) is 6.21 Å². The van der Waals surface area contributed by atoms with E-state index in [1.807, 2.05) is 55.5 Å². The summed E-state index contributed by atoms with van der Waals surface area (Å²) in [4.78, 5) is 24.2. The second kappa shape index (κ2) is 11.7. The van der Waals surface area contributed by atoms with Crippen molar-refractivity contribution in [2.24, 2.45) is 5.10 Å². The highest BCUT2D eigenvalue weighted by Gasteiger charge is 2.10. The number of methoxy groups -OCH3 is 1. The molecule has 0 aliphatic rings. The summed E-state index contributed by atoms with van der Waals surface area (Å²) in [6, 6.07) is 27.0. The highest BCUT2D eigenvalue weighted by Crippen LogP contribution is 2.29. The van der Waals surface area contributed by atoms with E-state index in [0.29, 0.717) is 29.4 Å². The van der Waals surface area contributed by atoms with Crippen molar-refractivity contribution >= 4 is 34.5 Å². The largest absolute Gasteiger partial charge is 0.493 e. The van der Waals surface area contributed by atoms with Crippen molar-refractivity contribution in [3.63, 3.8) is 0 Å². The van der Waals surface area contributed by atoms with Crippen LogP contribution in [-0.4, -0.2) is 25.1 Å². The SMILES string of the molecule is COc1cc(C=NNC(=O)CC(=O)Nc2ccccc2C)ccc1OCc1cccc2ccccc12. The van der Waals surface area contributed by atoms with Crippen LogP contribution in [-0.2, 0) is 16.2 Å². The molecule has 0 heterocycles. The van der Waals surface area contributed by atoms with Crippen LogP contribution in [0.5, 0.6) is 11.5 Å². The van der Waals surface area contributed by atoms with Crippen LogP contribution in [0.4, 0.5) is 5.69 Å². The number of aryl methyl sites for hydroxylation is 1. The maximum Gasteiger partial charge on any atom is 0.249 e. The van der Waals surface area contributed by atoms with Crippen molar-refractivity contribution in [3.05, 3.63) is 102 Å². The van der Waals surface area contributed by atoms with Gasteiger partial charge in [-0.15, -0.1) is 0 Å². The summed E-state index contributed by atoms with van der Waals surface area (Å²) in [5.41, 5.74) is 5.75. The van der Waals surface area contributed by atoms with E-state index in [4.69, 9.17) is 9.47 Å². The molecule has 0 aliphatic heterocycles. The van der Waals surface area contributed by atoms with Crippen molar-refractivity contribution in [2.45, 2.75) is 20.0 Å². The number of amides is 2. The summed E-state index contributed by atoms with van der Waals surface area (Å²) in [6.45, 7) is 2.28. The van der Waals surface area contributed by atoms with Crippen molar-refractivity contribution in [3.8, 4) is 11.5 Å². The fourth-order valence-electron chi connectivity index (χ4n) is 3.73. The topological polar surface area (TPSA) is 89.0 Å². The molecular formula is C29H27N3O4. The Morgan fingerprint density at radius 3 is 2.50 bits per heavy atom. The Balaban J connectivity index is 1.33. The van der Waals surface area contributed by atoms with Gasteiger partial charge in [0.2, 0.25) is 11.8 Å². The predicted molar refractivity (Wildman–Crippen MR) is 141 cm³/mol. The van der Waals surface area contributed by atoms with E-state index >= 15 is 0 Å². The number of hydrogen-bond acceptors (Lipinski definition) is 5. The zero-order valence-corrected chi connectivity index (χ0v) is 20.2. The van der Waals surface area contributed by atoms with Gasteiger partial charge in [-0.3, -0.25) is 9.59 Å². The molecule has 36 heavy (non-hydrogen) atoms. The number of anilines is 1. The number of benzene rings is 4. The van der Waals surface area contributed by atoms with Gasteiger partial charge in [0.05, 0.1) is 13.3 Å². The van der Waals surface area contributed by atoms with E-state index < -0.39 is 11.8 Å². The van der Waals surface area contributed by atoms with Gasteiger partial charge in [-0.05, 0) is 58.7 Å². The maximum atomic E-state index is 12.1. The van der Waals surface area contributed by atoms with Gasteiger partial charge in [-0.2, -0.15) is 5.10 Å². The van der Waals surface area contributed by atoms with E-state index in [9.17, 15) is 9.59 Å². The molecule has 0 radical (unpaired) electrons. The number of nitrogens with zero attached hydrogens (tertiary/aromatic N) is 1. The van der Waals surface area contributed by atoms with Crippen molar-refractivity contribution in [1.82, 2.24) is 5.43 Å². The lowest BCUT2D eigenvalue weighted by Gasteiger charge is -2.12. The van der Waals surface area contributed by atoms with E-state index in [-0.39, 0.29) is 6.42 Å². The molecule has 4 rings (SSSR count). The number of carbonyl (C=O) groups excluding carboxylic acids is 2. The van der Waals surface area contributed by atoms with E-state index in [2.05, 4.69) is 34.0 Å². The molecule has 7 heteroatoms. The second-order valence-corrected chi connectivity index (χ2v) is 8.17. The normalized spacial score (nSPS) is 10.8. The number of ether oxygens (including phenoxy) is 2. The van der Waals surface area contributed by atoms with Crippen LogP contribution < -0.4 is 20.2 Å². The summed E-state index contributed by atoms with van der Waals surface area (Å²) in [7, 11) is 1.57. The average Bonchev–Trinajstić information content (AvgIpc) is 2.89. The lowest BCUT2D eigenvalue weighted by molar-refractivity contribution is -0.126. The predicted octanol–water partition coefficient (Wildman–Crippen LogP) is 5.21. The van der Waals surface area contributed by atoms with Gasteiger partial charge in [-0.25, -0.2) is 5.43 Å². The molecule has 182 valence electrons. The monoisotopic (exact) mass is 481 g/mol. The first-order chi connectivity index (χ1) is 17.5. The zero-order valence-electron chi connectivity index (χ0n) is 20.2. The fourth-order valence-corrected chi connectivity index (χ4v) is 3.73. The summed E-state index contributed by atoms with van der Waals surface area (Å²) < 4.78 is 11.5. The Bertz CT molecular complexity index is 1410. The number of fused-ring (bicyclic) bond motifs is 1. The smallest absolute Gasteiger partial charge is 0.249 e. The van der Waals surface area contributed by atoms with Gasteiger partial charge in [-0.1, -0.05) is 60.7 Å². The zero-order chi connectivity index (χ0) is 25.3. The molecule has 0 aromatic heterocycles. The first kappa shape index (κ1) is 24.5. The van der Waals surface area contributed by atoms with Gasteiger partial charge >= 0.3 is 0 Å². The van der Waals surface area contributed by atoms with Crippen LogP contribution in [0.25, 0.3) is 10.8 Å². The first-order valence-electron chi connectivity index (χ1n) is 11.5. The summed E-state index contributed by atoms with van der Waals surface area (Å²) in [5.74, 6) is 0.216. The van der Waals surface area contributed by atoms with Crippen LogP contribution >= 0.6 is 0 Å². The van der Waals surface area contributed by atoms with Gasteiger partial charge in [0.25, 0.3) is 0 Å². The van der Waals surface area contributed by atoms with E-state index in [1.54, 1.807) is 25.3 Å². The molecule has 0 saturated heterocycles. The quantitative estimate of drug-likeness (QED) is 0.195. The number of rotatable bonds is 9.